The maximum absolute atomic E-state index is 12.6. The summed E-state index contributed by atoms with van der Waals surface area (Å²) in [6.45, 7) is 8.24. The molecule has 0 bridgehead atoms. The highest BCUT2D eigenvalue weighted by molar-refractivity contribution is 7.80. The van der Waals surface area contributed by atoms with Crippen molar-refractivity contribution in [1.29, 1.82) is 0 Å². The lowest BCUT2D eigenvalue weighted by Crippen LogP contribution is -2.55. The highest BCUT2D eigenvalue weighted by Gasteiger charge is 2.23. The fourth-order valence-electron chi connectivity index (χ4n) is 2.52. The molecule has 0 spiro atoms. The molecule has 2 atom stereocenters. The molecule has 0 aliphatic heterocycles. The summed E-state index contributed by atoms with van der Waals surface area (Å²) in [6.07, 6.45) is 0.505. The molecule has 0 aromatic heterocycles. The molecule has 1 aromatic rings. The number of hydrazine groups is 1. The molecule has 7 nitrogen and oxygen atoms in total. The van der Waals surface area contributed by atoms with Crippen molar-refractivity contribution in [3.8, 4) is 0 Å². The van der Waals surface area contributed by atoms with E-state index in [1.54, 1.807) is 19.2 Å². The van der Waals surface area contributed by atoms with Gasteiger partial charge in [0.2, 0.25) is 0 Å². The fourth-order valence-corrected chi connectivity index (χ4v) is 2.78. The van der Waals surface area contributed by atoms with Gasteiger partial charge in [0, 0.05) is 18.7 Å². The molecule has 0 aliphatic rings. The lowest BCUT2D eigenvalue weighted by Gasteiger charge is -2.22. The van der Waals surface area contributed by atoms with Gasteiger partial charge in [-0.2, -0.15) is 0 Å². The minimum Gasteiger partial charge on any atom is -0.383 e. The van der Waals surface area contributed by atoms with Crippen LogP contribution in [0.2, 0.25) is 0 Å². The van der Waals surface area contributed by atoms with Crippen LogP contribution in [0.15, 0.2) is 24.3 Å². The van der Waals surface area contributed by atoms with Crippen LogP contribution in [0.3, 0.4) is 0 Å². The third kappa shape index (κ3) is 8.36. The number of amides is 2. The normalized spacial score (nSPS) is 12.8. The van der Waals surface area contributed by atoms with E-state index in [4.69, 9.17) is 17.0 Å². The fraction of sp³-hybridized carbons (Fsp3) is 0.526. The number of thiocarbonyl (C=S) groups is 1. The van der Waals surface area contributed by atoms with Crippen LogP contribution in [0.5, 0.6) is 0 Å². The average Bonchev–Trinajstić information content (AvgIpc) is 2.59. The van der Waals surface area contributed by atoms with Gasteiger partial charge in [-0.25, -0.2) is 0 Å². The minimum atomic E-state index is -0.677. The number of ether oxygens (including phenoxy) is 1. The van der Waals surface area contributed by atoms with Gasteiger partial charge in [-0.3, -0.25) is 20.4 Å². The van der Waals surface area contributed by atoms with Gasteiger partial charge < -0.3 is 15.4 Å². The third-order valence-corrected chi connectivity index (χ3v) is 4.03. The number of aryl methyl sites for hydroxylation is 1. The standard InChI is InChI=1S/C19H30N4O3S/c1-12(2)10-16(21-17(24)15-9-7-6-8-13(15)3)18(25)22-23-19(27)20-14(4)11-26-5/h6-9,12,14,16H,10-11H2,1-5H3,(H,21,24)(H,22,25)(H2,20,23,27)/t14-,16+/m1/s1. The highest BCUT2D eigenvalue weighted by Crippen LogP contribution is 2.10. The lowest BCUT2D eigenvalue weighted by atomic mass is 10.0. The van der Waals surface area contributed by atoms with Gasteiger partial charge in [-0.1, -0.05) is 32.0 Å². The average molecular weight is 395 g/mol. The van der Waals surface area contributed by atoms with Gasteiger partial charge in [0.25, 0.3) is 11.8 Å². The van der Waals surface area contributed by atoms with Crippen LogP contribution in [-0.4, -0.2) is 42.7 Å². The van der Waals surface area contributed by atoms with E-state index in [1.807, 2.05) is 39.8 Å². The number of carbonyl (C=O) groups is 2. The first-order valence-corrected chi connectivity index (χ1v) is 9.37. The monoisotopic (exact) mass is 394 g/mol. The first kappa shape index (κ1) is 22.9. The van der Waals surface area contributed by atoms with Gasteiger partial charge in [0.05, 0.1) is 6.61 Å². The number of nitrogens with one attached hydrogen (secondary N) is 4. The summed E-state index contributed by atoms with van der Waals surface area (Å²) >= 11 is 5.14. The van der Waals surface area contributed by atoms with Gasteiger partial charge in [0.1, 0.15) is 6.04 Å². The lowest BCUT2D eigenvalue weighted by molar-refractivity contribution is -0.123. The van der Waals surface area contributed by atoms with E-state index < -0.39 is 6.04 Å². The van der Waals surface area contributed by atoms with Crippen LogP contribution >= 0.6 is 12.2 Å². The molecule has 1 aromatic carbocycles. The molecule has 0 saturated heterocycles. The molecule has 4 N–H and O–H groups in total. The van der Waals surface area contributed by atoms with Crippen LogP contribution in [-0.2, 0) is 9.53 Å². The SMILES string of the molecule is COC[C@@H](C)NC(=S)NNC(=O)[C@H](CC(C)C)NC(=O)c1ccccc1C. The Balaban J connectivity index is 2.67. The molecule has 0 saturated carbocycles. The molecular formula is C19H30N4O3S. The van der Waals surface area contributed by atoms with Gasteiger partial charge >= 0.3 is 0 Å². The molecule has 8 heteroatoms. The Bertz CT molecular complexity index is 652. The summed E-state index contributed by atoms with van der Waals surface area (Å²) in [4.78, 5) is 25.1. The Morgan fingerprint density at radius 2 is 1.78 bits per heavy atom. The quantitative estimate of drug-likeness (QED) is 0.396. The zero-order valence-corrected chi connectivity index (χ0v) is 17.4. The number of benzene rings is 1. The third-order valence-electron chi connectivity index (χ3n) is 3.81. The van der Waals surface area contributed by atoms with Crippen molar-refractivity contribution in [1.82, 2.24) is 21.5 Å². The number of hydrogen-bond donors (Lipinski definition) is 4. The van der Waals surface area contributed by atoms with Crippen LogP contribution in [0, 0.1) is 12.8 Å². The number of rotatable bonds is 8. The topological polar surface area (TPSA) is 91.5 Å². The van der Waals surface area contributed by atoms with E-state index in [-0.39, 0.29) is 28.9 Å². The van der Waals surface area contributed by atoms with E-state index >= 15 is 0 Å². The summed E-state index contributed by atoms with van der Waals surface area (Å²) in [7, 11) is 1.60. The first-order chi connectivity index (χ1) is 12.7. The van der Waals surface area contributed by atoms with Crippen molar-refractivity contribution >= 4 is 29.1 Å². The molecule has 0 radical (unpaired) electrons. The Morgan fingerprint density at radius 1 is 1.11 bits per heavy atom. The molecule has 2 amide bonds. The van der Waals surface area contributed by atoms with E-state index in [9.17, 15) is 9.59 Å². The van der Waals surface area contributed by atoms with Crippen molar-refractivity contribution in [3.63, 3.8) is 0 Å². The number of carbonyl (C=O) groups excluding carboxylic acids is 2. The predicted molar refractivity (Wildman–Crippen MR) is 110 cm³/mol. The molecule has 0 unspecified atom stereocenters. The highest BCUT2D eigenvalue weighted by atomic mass is 32.1. The summed E-state index contributed by atoms with van der Waals surface area (Å²) < 4.78 is 5.02. The van der Waals surface area contributed by atoms with Crippen LogP contribution < -0.4 is 21.5 Å². The summed E-state index contributed by atoms with van der Waals surface area (Å²) in [5.41, 5.74) is 6.63. The van der Waals surface area contributed by atoms with Crippen LogP contribution in [0.25, 0.3) is 0 Å². The Hall–Kier alpha value is -2.19. The van der Waals surface area contributed by atoms with Crippen molar-refractivity contribution in [2.45, 2.75) is 46.2 Å². The van der Waals surface area contributed by atoms with Crippen LogP contribution in [0.4, 0.5) is 0 Å². The number of methoxy groups -OCH3 is 1. The second-order valence-corrected chi connectivity index (χ2v) is 7.32. The first-order valence-electron chi connectivity index (χ1n) is 8.96. The Morgan fingerprint density at radius 3 is 2.37 bits per heavy atom. The molecule has 0 aliphatic carbocycles. The van der Waals surface area contributed by atoms with E-state index in [2.05, 4.69) is 21.5 Å². The Kier molecular flexibility index (Phi) is 9.74. The predicted octanol–water partition coefficient (Wildman–Crippen LogP) is 1.67. The van der Waals surface area contributed by atoms with Crippen molar-refractivity contribution < 1.29 is 14.3 Å². The van der Waals surface area contributed by atoms with Gasteiger partial charge in [-0.05, 0) is 50.0 Å². The van der Waals surface area contributed by atoms with Crippen molar-refractivity contribution in [3.05, 3.63) is 35.4 Å². The van der Waals surface area contributed by atoms with Crippen molar-refractivity contribution in [2.24, 2.45) is 5.92 Å². The maximum Gasteiger partial charge on any atom is 0.260 e. The van der Waals surface area contributed by atoms with Gasteiger partial charge in [0.15, 0.2) is 5.11 Å². The molecular weight excluding hydrogens is 364 g/mol. The smallest absolute Gasteiger partial charge is 0.260 e. The second kappa shape index (κ2) is 11.5. The molecule has 0 fully saturated rings. The van der Waals surface area contributed by atoms with E-state index in [0.29, 0.717) is 18.6 Å². The van der Waals surface area contributed by atoms with Crippen LogP contribution in [0.1, 0.15) is 43.1 Å². The largest absolute Gasteiger partial charge is 0.383 e. The summed E-state index contributed by atoms with van der Waals surface area (Å²) in [5, 5.41) is 6.08. The van der Waals surface area contributed by atoms with Crippen molar-refractivity contribution in [2.75, 3.05) is 13.7 Å². The summed E-state index contributed by atoms with van der Waals surface area (Å²) in [6, 6.07) is 6.59. The second-order valence-electron chi connectivity index (χ2n) is 6.91. The number of hydrogen-bond acceptors (Lipinski definition) is 4. The molecule has 1 rings (SSSR count). The van der Waals surface area contributed by atoms with E-state index in [1.165, 1.54) is 0 Å². The zero-order chi connectivity index (χ0) is 20.4. The Labute approximate surface area is 166 Å². The molecule has 27 heavy (non-hydrogen) atoms. The zero-order valence-electron chi connectivity index (χ0n) is 16.6. The molecule has 0 heterocycles. The van der Waals surface area contributed by atoms with E-state index in [0.717, 1.165) is 5.56 Å². The molecule has 150 valence electrons. The maximum atomic E-state index is 12.6. The summed E-state index contributed by atoms with van der Waals surface area (Å²) in [5.74, 6) is -0.401. The van der Waals surface area contributed by atoms with Gasteiger partial charge in [-0.15, -0.1) is 0 Å². The minimum absolute atomic E-state index is 0.000813.